The number of rotatable bonds is 3. The normalized spacial score (nSPS) is 19.5. The van der Waals surface area contributed by atoms with Gasteiger partial charge in [-0.05, 0) is 43.4 Å². The maximum Gasteiger partial charge on any atom is 0.171 e. The standard InChI is InChI=1S/C14H18ClNO2/c1-17-9-10-3-5-11(6-4-10)12-7-8-13(18-2)14(15)16-12/h7-9,11H,3-6H2,1-2H3. The first-order valence-corrected chi connectivity index (χ1v) is 6.53. The second-order valence-corrected chi connectivity index (χ2v) is 4.87. The van der Waals surface area contributed by atoms with Crippen LogP contribution in [0, 0.1) is 0 Å². The molecule has 0 unspecified atom stereocenters. The molecule has 1 aliphatic carbocycles. The number of ether oxygens (including phenoxy) is 2. The molecule has 2 rings (SSSR count). The molecule has 1 aliphatic rings. The van der Waals surface area contributed by atoms with Gasteiger partial charge < -0.3 is 9.47 Å². The molecule has 0 N–H and O–H groups in total. The number of hydrogen-bond donors (Lipinski definition) is 0. The van der Waals surface area contributed by atoms with Gasteiger partial charge in [-0.15, -0.1) is 0 Å². The molecule has 1 saturated carbocycles. The van der Waals surface area contributed by atoms with E-state index in [2.05, 4.69) is 4.98 Å². The van der Waals surface area contributed by atoms with Crippen molar-refractivity contribution in [1.82, 2.24) is 4.98 Å². The molecule has 0 saturated heterocycles. The van der Waals surface area contributed by atoms with Gasteiger partial charge in [0.05, 0.1) is 20.5 Å². The van der Waals surface area contributed by atoms with Crippen molar-refractivity contribution in [3.8, 4) is 5.75 Å². The fourth-order valence-corrected chi connectivity index (χ4v) is 2.62. The number of halogens is 1. The lowest BCUT2D eigenvalue weighted by Crippen LogP contribution is -2.08. The lowest BCUT2D eigenvalue weighted by Gasteiger charge is -2.23. The average Bonchev–Trinajstić information content (AvgIpc) is 2.40. The van der Waals surface area contributed by atoms with E-state index in [1.54, 1.807) is 14.2 Å². The molecule has 98 valence electrons. The molecule has 1 heterocycles. The van der Waals surface area contributed by atoms with Gasteiger partial charge in [0.2, 0.25) is 0 Å². The molecule has 18 heavy (non-hydrogen) atoms. The van der Waals surface area contributed by atoms with Crippen molar-refractivity contribution in [2.45, 2.75) is 31.6 Å². The Labute approximate surface area is 113 Å². The zero-order valence-electron chi connectivity index (χ0n) is 10.8. The van der Waals surface area contributed by atoms with Crippen molar-refractivity contribution in [3.05, 3.63) is 34.8 Å². The third-order valence-electron chi connectivity index (χ3n) is 3.39. The zero-order chi connectivity index (χ0) is 13.0. The maximum absolute atomic E-state index is 6.06. The van der Waals surface area contributed by atoms with Gasteiger partial charge in [-0.1, -0.05) is 11.6 Å². The second-order valence-electron chi connectivity index (χ2n) is 4.52. The molecule has 3 nitrogen and oxygen atoms in total. The van der Waals surface area contributed by atoms with Gasteiger partial charge in [0.15, 0.2) is 10.9 Å². The third-order valence-corrected chi connectivity index (χ3v) is 3.66. The second kappa shape index (κ2) is 6.10. The highest BCUT2D eigenvalue weighted by Gasteiger charge is 2.20. The Morgan fingerprint density at radius 3 is 2.56 bits per heavy atom. The van der Waals surface area contributed by atoms with E-state index in [4.69, 9.17) is 21.1 Å². The Bertz CT molecular complexity index is 435. The minimum absolute atomic E-state index is 0.452. The predicted molar refractivity (Wildman–Crippen MR) is 72.1 cm³/mol. The SMILES string of the molecule is COC=C1CCC(c2ccc(OC)c(Cl)n2)CC1. The highest BCUT2D eigenvalue weighted by molar-refractivity contribution is 6.30. The van der Waals surface area contributed by atoms with Crippen molar-refractivity contribution in [2.24, 2.45) is 0 Å². The lowest BCUT2D eigenvalue weighted by molar-refractivity contribution is 0.326. The van der Waals surface area contributed by atoms with Crippen molar-refractivity contribution >= 4 is 11.6 Å². The van der Waals surface area contributed by atoms with Crippen molar-refractivity contribution in [2.75, 3.05) is 14.2 Å². The van der Waals surface area contributed by atoms with Crippen molar-refractivity contribution < 1.29 is 9.47 Å². The smallest absolute Gasteiger partial charge is 0.171 e. The van der Waals surface area contributed by atoms with E-state index < -0.39 is 0 Å². The predicted octanol–water partition coefficient (Wildman–Crippen LogP) is 3.93. The molecule has 4 heteroatoms. The van der Waals surface area contributed by atoms with Crippen LogP contribution in [-0.4, -0.2) is 19.2 Å². The van der Waals surface area contributed by atoms with Crippen LogP contribution < -0.4 is 4.74 Å². The zero-order valence-corrected chi connectivity index (χ0v) is 11.5. The first-order valence-electron chi connectivity index (χ1n) is 6.15. The van der Waals surface area contributed by atoms with Gasteiger partial charge in [-0.3, -0.25) is 0 Å². The fraction of sp³-hybridized carbons (Fsp3) is 0.500. The molecule has 0 atom stereocenters. The van der Waals surface area contributed by atoms with Crippen LogP contribution >= 0.6 is 11.6 Å². The first kappa shape index (κ1) is 13.2. The minimum Gasteiger partial charge on any atom is -0.504 e. The quantitative estimate of drug-likeness (QED) is 0.614. The molecular formula is C14H18ClNO2. The van der Waals surface area contributed by atoms with Gasteiger partial charge >= 0.3 is 0 Å². The molecular weight excluding hydrogens is 250 g/mol. The third kappa shape index (κ3) is 2.96. The maximum atomic E-state index is 6.06. The van der Waals surface area contributed by atoms with E-state index in [0.29, 0.717) is 16.8 Å². The Hall–Kier alpha value is -1.22. The van der Waals surface area contributed by atoms with E-state index in [0.717, 1.165) is 31.4 Å². The van der Waals surface area contributed by atoms with Crippen LogP contribution in [0.25, 0.3) is 0 Å². The summed E-state index contributed by atoms with van der Waals surface area (Å²) in [6, 6.07) is 3.91. The first-order chi connectivity index (χ1) is 8.74. The molecule has 0 aliphatic heterocycles. The van der Waals surface area contributed by atoms with Crippen LogP contribution in [0.15, 0.2) is 24.0 Å². The number of hydrogen-bond acceptors (Lipinski definition) is 3. The highest BCUT2D eigenvalue weighted by atomic mass is 35.5. The molecule has 1 fully saturated rings. The van der Waals surface area contributed by atoms with Crippen LogP contribution in [0.1, 0.15) is 37.3 Å². The molecule has 1 aromatic rings. The van der Waals surface area contributed by atoms with E-state index in [1.165, 1.54) is 5.57 Å². The van der Waals surface area contributed by atoms with Crippen molar-refractivity contribution in [1.29, 1.82) is 0 Å². The Kier molecular flexibility index (Phi) is 4.48. The fourth-order valence-electron chi connectivity index (χ4n) is 2.38. The number of allylic oxidation sites excluding steroid dienone is 1. The Morgan fingerprint density at radius 1 is 1.28 bits per heavy atom. The topological polar surface area (TPSA) is 31.4 Å². The van der Waals surface area contributed by atoms with Crippen LogP contribution in [0.3, 0.4) is 0 Å². The van der Waals surface area contributed by atoms with Gasteiger partial charge in [0.1, 0.15) is 0 Å². The van der Waals surface area contributed by atoms with Crippen LogP contribution in [0.4, 0.5) is 0 Å². The minimum atomic E-state index is 0.452. The van der Waals surface area contributed by atoms with Gasteiger partial charge in [0.25, 0.3) is 0 Å². The van der Waals surface area contributed by atoms with Gasteiger partial charge in [0, 0.05) is 11.6 Å². The summed E-state index contributed by atoms with van der Waals surface area (Å²) in [7, 11) is 3.30. The lowest BCUT2D eigenvalue weighted by atomic mass is 9.84. The summed E-state index contributed by atoms with van der Waals surface area (Å²) in [5.41, 5.74) is 2.45. The molecule has 0 radical (unpaired) electrons. The largest absolute Gasteiger partial charge is 0.504 e. The van der Waals surface area contributed by atoms with Gasteiger partial charge in [-0.25, -0.2) is 4.98 Å². The van der Waals surface area contributed by atoms with Gasteiger partial charge in [-0.2, -0.15) is 0 Å². The van der Waals surface area contributed by atoms with Crippen LogP contribution in [0.2, 0.25) is 5.15 Å². The molecule has 0 amide bonds. The molecule has 0 spiro atoms. The highest BCUT2D eigenvalue weighted by Crippen LogP contribution is 2.36. The van der Waals surface area contributed by atoms with Crippen molar-refractivity contribution in [3.63, 3.8) is 0 Å². The molecule has 1 aromatic heterocycles. The van der Waals surface area contributed by atoms with E-state index in [9.17, 15) is 0 Å². The summed E-state index contributed by atoms with van der Waals surface area (Å²) in [4.78, 5) is 4.43. The monoisotopic (exact) mass is 267 g/mol. The number of aromatic nitrogens is 1. The average molecular weight is 268 g/mol. The summed E-state index contributed by atoms with van der Waals surface area (Å²) < 4.78 is 10.2. The summed E-state index contributed by atoms with van der Waals surface area (Å²) in [5, 5.41) is 0.452. The van der Waals surface area contributed by atoms with E-state index >= 15 is 0 Å². The summed E-state index contributed by atoms with van der Waals surface area (Å²) in [6.45, 7) is 0. The summed E-state index contributed by atoms with van der Waals surface area (Å²) in [5.74, 6) is 1.12. The number of pyridine rings is 1. The van der Waals surface area contributed by atoms with Crippen LogP contribution in [0.5, 0.6) is 5.75 Å². The summed E-state index contributed by atoms with van der Waals surface area (Å²) >= 11 is 6.06. The number of methoxy groups -OCH3 is 2. The Balaban J connectivity index is 2.05. The molecule has 0 aromatic carbocycles. The Morgan fingerprint density at radius 2 is 2.00 bits per heavy atom. The number of nitrogens with zero attached hydrogens (tertiary/aromatic N) is 1. The summed E-state index contributed by atoms with van der Waals surface area (Å²) in [6.07, 6.45) is 6.22. The van der Waals surface area contributed by atoms with E-state index in [-0.39, 0.29) is 0 Å². The van der Waals surface area contributed by atoms with E-state index in [1.807, 2.05) is 18.4 Å². The molecule has 0 bridgehead atoms. The van der Waals surface area contributed by atoms with Crippen LogP contribution in [-0.2, 0) is 4.74 Å².